The van der Waals surface area contributed by atoms with Gasteiger partial charge in [-0.1, -0.05) is 12.8 Å². The molecule has 0 unspecified atom stereocenters. The number of hydrogen-bond acceptors (Lipinski definition) is 2. The molecule has 0 heterocycles. The van der Waals surface area contributed by atoms with Crippen molar-refractivity contribution in [1.82, 2.24) is 0 Å². The maximum atomic E-state index is 7.50. The summed E-state index contributed by atoms with van der Waals surface area (Å²) in [5.41, 5.74) is 5.30. The van der Waals surface area contributed by atoms with Crippen LogP contribution in [0.3, 0.4) is 0 Å². The van der Waals surface area contributed by atoms with Crippen LogP contribution in [0.5, 0.6) is 0 Å². The van der Waals surface area contributed by atoms with Gasteiger partial charge in [0.2, 0.25) is 0 Å². The quantitative estimate of drug-likeness (QED) is 0.603. The van der Waals surface area contributed by atoms with E-state index in [0.29, 0.717) is 0 Å². The molecule has 0 atom stereocenters. The topological polar surface area (TPSA) is 34.1 Å². The summed E-state index contributed by atoms with van der Waals surface area (Å²) >= 11 is 0. The Hall–Kier alpha value is -1.53. The Labute approximate surface area is 128 Å². The maximum Gasteiger partial charge on any atom is 4.00 e. The van der Waals surface area contributed by atoms with Crippen molar-refractivity contribution in [3.05, 3.63) is 59.7 Å². The van der Waals surface area contributed by atoms with Crippen molar-refractivity contribution >= 4 is 13.6 Å². The number of benzene rings is 2. The molecule has 0 saturated heterocycles. The Morgan fingerprint density at radius 3 is 1.53 bits per heavy atom. The first-order chi connectivity index (χ1) is 8.95. The molecular weight excluding hydrogens is 419 g/mol. The summed E-state index contributed by atoms with van der Waals surface area (Å²) in [5.74, 6) is 0. The summed E-state index contributed by atoms with van der Waals surface area (Å²) in [6.07, 6.45) is 2.27. The molecule has 0 bridgehead atoms. The zero-order valence-corrected chi connectivity index (χ0v) is 12.3. The number of fused-ring (bicyclic) bond motifs is 3. The summed E-state index contributed by atoms with van der Waals surface area (Å²) in [5, 5.41) is 0. The predicted molar refractivity (Wildman–Crippen MR) is 68.3 cm³/mol. The number of aryl methyl sites for hydroxylation is 2. The van der Waals surface area contributed by atoms with Crippen molar-refractivity contribution in [3.63, 3.8) is 0 Å². The molecule has 96 valence electrons. The van der Waals surface area contributed by atoms with Crippen LogP contribution in [0.25, 0.3) is 11.1 Å². The Bertz CT molecular complexity index is 464. The monoisotopic (exact) mass is 429 g/mol. The van der Waals surface area contributed by atoms with Crippen LogP contribution in [0.15, 0.2) is 36.4 Å². The van der Waals surface area contributed by atoms with Crippen LogP contribution in [-0.4, -0.2) is 13.6 Å². The molecule has 0 aliphatic heterocycles. The first kappa shape index (κ1) is 17.5. The van der Waals surface area contributed by atoms with E-state index in [0.717, 1.165) is 12.8 Å². The SMILES string of the molecule is [C-]=O.[C-]=O.[Pt+4].[c-]1cccc2c1-c1[c-]cccc1CC2. The van der Waals surface area contributed by atoms with Crippen molar-refractivity contribution in [1.29, 1.82) is 0 Å². The normalized spacial score (nSPS) is 10.1. The van der Waals surface area contributed by atoms with Crippen LogP contribution in [0.1, 0.15) is 11.1 Å². The van der Waals surface area contributed by atoms with Crippen LogP contribution < -0.4 is 0 Å². The Morgan fingerprint density at radius 2 is 1.16 bits per heavy atom. The molecular formula is C16H10O2Pt. The van der Waals surface area contributed by atoms with Crippen molar-refractivity contribution in [3.8, 4) is 11.1 Å². The zero-order valence-electron chi connectivity index (χ0n) is 10.0. The predicted octanol–water partition coefficient (Wildman–Crippen LogP) is 2.26. The van der Waals surface area contributed by atoms with Gasteiger partial charge in [-0.15, -0.1) is 12.1 Å². The summed E-state index contributed by atoms with van der Waals surface area (Å²) < 4.78 is 0. The van der Waals surface area contributed by atoms with Crippen LogP contribution in [0, 0.1) is 12.1 Å². The van der Waals surface area contributed by atoms with E-state index in [2.05, 4.69) is 50.0 Å². The maximum absolute atomic E-state index is 7.50. The van der Waals surface area contributed by atoms with Gasteiger partial charge in [0.05, 0.1) is 0 Å². The number of rotatable bonds is 0. The fraction of sp³-hybridized carbons (Fsp3) is 0.125. The van der Waals surface area contributed by atoms with Crippen LogP contribution in [0.2, 0.25) is 0 Å². The molecule has 0 saturated carbocycles. The van der Waals surface area contributed by atoms with E-state index in [-0.39, 0.29) is 21.1 Å². The molecule has 0 aromatic heterocycles. The van der Waals surface area contributed by atoms with E-state index < -0.39 is 0 Å². The summed E-state index contributed by atoms with van der Waals surface area (Å²) in [4.78, 5) is 15.0. The molecule has 1 aliphatic rings. The van der Waals surface area contributed by atoms with Gasteiger partial charge in [0.25, 0.3) is 0 Å². The molecule has 0 N–H and O–H groups in total. The van der Waals surface area contributed by atoms with Gasteiger partial charge in [-0.05, 0) is 0 Å². The minimum Gasteiger partial charge on any atom is -0.573 e. The third-order valence-electron chi connectivity index (χ3n) is 2.80. The molecule has 2 nitrogen and oxygen atoms in total. The van der Waals surface area contributed by atoms with Crippen LogP contribution >= 0.6 is 0 Å². The third-order valence-corrected chi connectivity index (χ3v) is 2.80. The van der Waals surface area contributed by atoms with E-state index in [1.165, 1.54) is 22.3 Å². The Balaban J connectivity index is 0.000000597. The molecule has 2 aromatic carbocycles. The first-order valence-corrected chi connectivity index (χ1v) is 5.35. The van der Waals surface area contributed by atoms with E-state index in [9.17, 15) is 0 Å². The van der Waals surface area contributed by atoms with Gasteiger partial charge in [0.15, 0.2) is 0 Å². The molecule has 19 heavy (non-hydrogen) atoms. The molecule has 3 heteroatoms. The van der Waals surface area contributed by atoms with Gasteiger partial charge < -0.3 is 23.2 Å². The molecule has 0 spiro atoms. The smallest absolute Gasteiger partial charge is 0.573 e. The largest absolute Gasteiger partial charge is 4.00 e. The minimum absolute atomic E-state index is 0. The number of carbonyl (C=O) groups excluding carboxylic acids is 2. The van der Waals surface area contributed by atoms with Gasteiger partial charge in [-0.3, -0.25) is 0 Å². The molecule has 2 aromatic rings. The molecule has 0 fully saturated rings. The van der Waals surface area contributed by atoms with Gasteiger partial charge in [0, 0.05) is 0 Å². The summed E-state index contributed by atoms with van der Waals surface area (Å²) in [6.45, 7) is 9.00. The van der Waals surface area contributed by atoms with Gasteiger partial charge in [0.1, 0.15) is 0 Å². The van der Waals surface area contributed by atoms with E-state index in [1.807, 2.05) is 12.1 Å². The molecule has 2 radical (unpaired) electrons. The number of hydrogen-bond donors (Lipinski definition) is 0. The van der Waals surface area contributed by atoms with E-state index >= 15 is 0 Å². The summed E-state index contributed by atoms with van der Waals surface area (Å²) in [6, 6.07) is 19.1. The standard InChI is InChI=1S/C14H10.2CO.Pt/c1-3-7-13-11(5-1)9-10-12-6-2-4-8-14(12)13;2*1-2;/h1-6H,9-10H2;;;/q-2;2*-1;+4. The van der Waals surface area contributed by atoms with E-state index in [1.54, 1.807) is 0 Å². The average Bonchev–Trinajstić information content (AvgIpc) is 2.51. The first-order valence-electron chi connectivity index (χ1n) is 5.35. The second-order valence-corrected chi connectivity index (χ2v) is 3.64. The van der Waals surface area contributed by atoms with Crippen molar-refractivity contribution < 1.29 is 30.7 Å². The fourth-order valence-corrected chi connectivity index (χ4v) is 2.09. The minimum atomic E-state index is 0. The fourth-order valence-electron chi connectivity index (χ4n) is 2.09. The molecule has 3 rings (SSSR count). The average molecular weight is 429 g/mol. The second-order valence-electron chi connectivity index (χ2n) is 3.64. The van der Waals surface area contributed by atoms with Gasteiger partial charge in [-0.25, -0.2) is 11.1 Å². The van der Waals surface area contributed by atoms with Crippen molar-refractivity contribution in [2.45, 2.75) is 12.8 Å². The van der Waals surface area contributed by atoms with E-state index in [4.69, 9.17) is 9.59 Å². The van der Waals surface area contributed by atoms with Gasteiger partial charge >= 0.3 is 21.1 Å². The second kappa shape index (κ2) is 9.41. The van der Waals surface area contributed by atoms with Crippen LogP contribution in [-0.2, 0) is 43.5 Å². The molecule has 1 aliphatic carbocycles. The summed E-state index contributed by atoms with van der Waals surface area (Å²) in [7, 11) is 0. The molecule has 0 amide bonds. The van der Waals surface area contributed by atoms with Crippen molar-refractivity contribution in [2.75, 3.05) is 0 Å². The Morgan fingerprint density at radius 1 is 0.789 bits per heavy atom. The van der Waals surface area contributed by atoms with Gasteiger partial charge in [-0.2, -0.15) is 47.5 Å². The zero-order chi connectivity index (χ0) is 13.4. The third kappa shape index (κ3) is 3.97. The Kier molecular flexibility index (Phi) is 8.65. The van der Waals surface area contributed by atoms with Crippen molar-refractivity contribution in [2.24, 2.45) is 0 Å². The van der Waals surface area contributed by atoms with Crippen LogP contribution in [0.4, 0.5) is 0 Å².